The molecule has 0 amide bonds. The van der Waals surface area contributed by atoms with Gasteiger partial charge in [0.25, 0.3) is 0 Å². The molecule has 5 heteroatoms. The van der Waals surface area contributed by atoms with E-state index >= 15 is 0 Å². The van der Waals surface area contributed by atoms with Gasteiger partial charge < -0.3 is 23.7 Å². The van der Waals surface area contributed by atoms with Gasteiger partial charge in [0, 0.05) is 22.4 Å². The van der Waals surface area contributed by atoms with E-state index in [1.807, 2.05) is 0 Å². The Kier molecular flexibility index (Phi) is 16.9. The molecule has 0 N–H and O–H groups in total. The molecule has 0 unspecified atom stereocenters. The summed E-state index contributed by atoms with van der Waals surface area (Å²) in [5.74, 6) is 0. The van der Waals surface area contributed by atoms with Gasteiger partial charge in [-0.1, -0.05) is 182 Å². The van der Waals surface area contributed by atoms with Crippen molar-refractivity contribution < 1.29 is 22.4 Å². The molecule has 43 heavy (non-hydrogen) atoms. The molecule has 0 bridgehead atoms. The Morgan fingerprint density at radius 1 is 0.256 bits per heavy atom. The van der Waals surface area contributed by atoms with Crippen molar-refractivity contribution in [3.05, 3.63) is 195 Å². The van der Waals surface area contributed by atoms with Gasteiger partial charge in [-0.05, 0) is 47.7 Å². The molecule has 0 spiro atoms. The Morgan fingerprint density at radius 3 is 0.488 bits per heavy atom. The normalized spacial score (nSPS) is 9.44. The summed E-state index contributed by atoms with van der Waals surface area (Å²) < 4.78 is 0. The predicted molar refractivity (Wildman–Crippen MR) is 180 cm³/mol. The number of rotatable bonds is 6. The smallest absolute Gasteiger partial charge is 0 e. The molecule has 0 heterocycles. The summed E-state index contributed by atoms with van der Waals surface area (Å²) in [6, 6.07) is 64.7. The first kappa shape index (κ1) is 35.1. The monoisotopic (exact) mass is 773 g/mol. The fraction of sp³-hybridized carbons (Fsp3) is 0. The van der Waals surface area contributed by atoms with E-state index in [1.165, 1.54) is 31.8 Å². The first-order valence-electron chi connectivity index (χ1n) is 13.3. The van der Waals surface area contributed by atoms with Crippen LogP contribution in [0.1, 0.15) is 0 Å². The molecule has 6 aromatic carbocycles. The predicted octanol–water partition coefficient (Wildman–Crippen LogP) is 7.08. The number of hydrogen-bond donors (Lipinski definition) is 0. The fourth-order valence-electron chi connectivity index (χ4n) is 4.36. The van der Waals surface area contributed by atoms with Crippen molar-refractivity contribution in [3.8, 4) is 0 Å². The standard InChI is InChI=1S/2C18H15P.2CN.Au/c2*1-4-10-16(11-5-1)19(17-12-6-2-7-13-17)18-14-8-3-9-15-18;2*1-2;/h2*1-15H;;;/q;;2*-1;. The van der Waals surface area contributed by atoms with Crippen molar-refractivity contribution in [2.24, 2.45) is 0 Å². The molecule has 0 atom stereocenters. The Balaban J connectivity index is 0.000000264. The summed E-state index contributed by atoms with van der Waals surface area (Å²) in [5.41, 5.74) is 0. The molecular weight excluding hydrogens is 743 g/mol. The van der Waals surface area contributed by atoms with Crippen LogP contribution in [0.2, 0.25) is 0 Å². The van der Waals surface area contributed by atoms with Crippen LogP contribution >= 0.6 is 15.8 Å². The second-order valence-corrected chi connectivity index (χ2v) is 13.1. The van der Waals surface area contributed by atoms with Crippen molar-refractivity contribution in [2.75, 3.05) is 0 Å². The average Bonchev–Trinajstić information content (AvgIpc) is 3.10. The van der Waals surface area contributed by atoms with Gasteiger partial charge in [-0.15, -0.1) is 0 Å². The zero-order valence-electron chi connectivity index (χ0n) is 23.4. The SMILES string of the molecule is [Au].[C-]#N.[C-]#N.c1ccc(P(c2ccccc2)c2ccccc2)cc1.c1ccc(P(c2ccccc2)c2ccccc2)cc1. The first-order valence-corrected chi connectivity index (χ1v) is 15.9. The minimum Gasteiger partial charge on any atom is -0.512 e. The van der Waals surface area contributed by atoms with E-state index in [2.05, 4.69) is 182 Å². The maximum Gasteiger partial charge on any atom is 0 e. The van der Waals surface area contributed by atoms with Crippen molar-refractivity contribution in [1.29, 1.82) is 10.5 Å². The van der Waals surface area contributed by atoms with Crippen molar-refractivity contribution in [1.82, 2.24) is 0 Å². The second-order valence-electron chi connectivity index (χ2n) is 8.68. The Hall–Kier alpha value is -4.10. The van der Waals surface area contributed by atoms with Crippen LogP contribution in [0.4, 0.5) is 0 Å². The molecule has 0 aliphatic carbocycles. The van der Waals surface area contributed by atoms with Crippen LogP contribution in [-0.2, 0) is 22.4 Å². The van der Waals surface area contributed by atoms with E-state index in [0.717, 1.165) is 0 Å². The third-order valence-electron chi connectivity index (χ3n) is 6.09. The van der Waals surface area contributed by atoms with Crippen LogP contribution in [0.15, 0.2) is 182 Å². The third kappa shape index (κ3) is 10.6. The zero-order valence-corrected chi connectivity index (χ0v) is 27.4. The van der Waals surface area contributed by atoms with Crippen LogP contribution < -0.4 is 31.8 Å². The molecule has 0 aliphatic rings. The largest absolute Gasteiger partial charge is 0.512 e. The quantitative estimate of drug-likeness (QED) is 0.103. The van der Waals surface area contributed by atoms with Crippen LogP contribution in [0.3, 0.4) is 0 Å². The summed E-state index contributed by atoms with van der Waals surface area (Å²) in [6.45, 7) is 9.50. The van der Waals surface area contributed by atoms with E-state index in [9.17, 15) is 0 Å². The molecule has 6 aromatic rings. The van der Waals surface area contributed by atoms with E-state index in [0.29, 0.717) is 0 Å². The van der Waals surface area contributed by atoms with Gasteiger partial charge in [0.2, 0.25) is 0 Å². The first-order chi connectivity index (χ1) is 20.9. The van der Waals surface area contributed by atoms with Crippen LogP contribution in [0, 0.1) is 23.7 Å². The Bertz CT molecular complexity index is 1270. The van der Waals surface area contributed by atoms with Gasteiger partial charge in [0.05, 0.1) is 0 Å². The molecule has 1 radical (unpaired) electrons. The van der Waals surface area contributed by atoms with Crippen LogP contribution in [0.25, 0.3) is 0 Å². The van der Waals surface area contributed by atoms with Crippen LogP contribution in [-0.4, -0.2) is 0 Å². The van der Waals surface area contributed by atoms with Crippen molar-refractivity contribution in [2.45, 2.75) is 0 Å². The molecule has 0 fully saturated rings. The van der Waals surface area contributed by atoms with Gasteiger partial charge in [0.15, 0.2) is 0 Å². The summed E-state index contributed by atoms with van der Waals surface area (Å²) in [7, 11) is -0.892. The third-order valence-corrected chi connectivity index (χ3v) is 11.0. The number of hydrogen-bond acceptors (Lipinski definition) is 2. The van der Waals surface area contributed by atoms with E-state index in [4.69, 9.17) is 23.7 Å². The minimum atomic E-state index is -0.446. The molecule has 6 rings (SSSR count). The van der Waals surface area contributed by atoms with Gasteiger partial charge in [-0.3, -0.25) is 0 Å². The van der Waals surface area contributed by atoms with E-state index in [-0.39, 0.29) is 22.4 Å². The molecule has 0 saturated carbocycles. The summed E-state index contributed by atoms with van der Waals surface area (Å²) in [4.78, 5) is 0. The van der Waals surface area contributed by atoms with Gasteiger partial charge in [0.1, 0.15) is 0 Å². The molecule has 0 saturated heterocycles. The van der Waals surface area contributed by atoms with Crippen LogP contribution in [0.5, 0.6) is 0 Å². The number of benzene rings is 6. The summed E-state index contributed by atoms with van der Waals surface area (Å²) in [6.07, 6.45) is 0. The van der Waals surface area contributed by atoms with Gasteiger partial charge >= 0.3 is 0 Å². The summed E-state index contributed by atoms with van der Waals surface area (Å²) >= 11 is 0. The molecule has 215 valence electrons. The zero-order chi connectivity index (χ0) is 29.8. The fourth-order valence-corrected chi connectivity index (χ4v) is 8.97. The van der Waals surface area contributed by atoms with Gasteiger partial charge in [-0.2, -0.15) is 0 Å². The van der Waals surface area contributed by atoms with E-state index in [1.54, 1.807) is 0 Å². The van der Waals surface area contributed by atoms with Crippen molar-refractivity contribution >= 4 is 47.7 Å². The Labute approximate surface area is 274 Å². The molecule has 0 aromatic heterocycles. The average molecular weight is 774 g/mol. The number of nitrogens with zero attached hydrogens (tertiary/aromatic N) is 2. The van der Waals surface area contributed by atoms with Gasteiger partial charge in [-0.25, -0.2) is 0 Å². The second kappa shape index (κ2) is 20.7. The Morgan fingerprint density at radius 2 is 0.372 bits per heavy atom. The molecular formula is C38H30AuN2P2-2. The van der Waals surface area contributed by atoms with E-state index < -0.39 is 15.8 Å². The van der Waals surface area contributed by atoms with Crippen molar-refractivity contribution in [3.63, 3.8) is 0 Å². The topological polar surface area (TPSA) is 47.6 Å². The summed E-state index contributed by atoms with van der Waals surface area (Å²) in [5, 5.41) is 20.9. The maximum absolute atomic E-state index is 6.25. The molecule has 0 aliphatic heterocycles. The molecule has 2 nitrogen and oxygen atoms in total. The minimum absolute atomic E-state index is 0. The maximum atomic E-state index is 6.25.